The van der Waals surface area contributed by atoms with Gasteiger partial charge in [-0.25, -0.2) is 4.79 Å². The molecule has 8 amide bonds. The molecular weight excluding hydrogens is 833 g/mol. The van der Waals surface area contributed by atoms with E-state index < -0.39 is 121 Å². The number of benzene rings is 1. The third kappa shape index (κ3) is 15.0. The number of aromatic amines is 1. The number of nitrogens with zero attached hydrogens (tertiary/aromatic N) is 1. The molecule has 0 unspecified atom stereocenters. The van der Waals surface area contributed by atoms with E-state index in [4.69, 9.17) is 5.73 Å². The van der Waals surface area contributed by atoms with E-state index in [1.807, 2.05) is 38.1 Å². The lowest BCUT2D eigenvalue weighted by Crippen LogP contribution is -2.58. The number of carbonyl (C=O) groups excluding carboxylic acids is 8. The third-order valence-electron chi connectivity index (χ3n) is 11.1. The highest BCUT2D eigenvalue weighted by Crippen LogP contribution is 2.20. The number of nitrogens with one attached hydrogen (secondary N) is 8. The first-order valence-corrected chi connectivity index (χ1v) is 21.7. The van der Waals surface area contributed by atoms with Gasteiger partial charge >= 0.3 is 5.97 Å². The van der Waals surface area contributed by atoms with Crippen LogP contribution in [0.5, 0.6) is 0 Å². The molecule has 0 radical (unpaired) electrons. The molecule has 0 spiro atoms. The Labute approximate surface area is 372 Å². The predicted molar refractivity (Wildman–Crippen MR) is 235 cm³/mol. The average molecular weight is 899 g/mol. The van der Waals surface area contributed by atoms with Gasteiger partial charge in [-0.1, -0.05) is 66.2 Å². The van der Waals surface area contributed by atoms with Gasteiger partial charge in [0.25, 0.3) is 0 Å². The molecule has 64 heavy (non-hydrogen) atoms. The van der Waals surface area contributed by atoms with Crippen LogP contribution < -0.4 is 43.0 Å². The lowest BCUT2D eigenvalue weighted by atomic mass is 9.97. The summed E-state index contributed by atoms with van der Waals surface area (Å²) in [6.45, 7) is 10.4. The van der Waals surface area contributed by atoms with Gasteiger partial charge in [0, 0.05) is 30.1 Å². The molecule has 8 atom stereocenters. The Morgan fingerprint density at radius 1 is 0.797 bits per heavy atom. The highest BCUT2D eigenvalue weighted by atomic mass is 16.4. The number of aliphatic carboxylic acids is 1. The molecule has 0 bridgehead atoms. The summed E-state index contributed by atoms with van der Waals surface area (Å²) in [6.07, 6.45) is 3.14. The van der Waals surface area contributed by atoms with Gasteiger partial charge in [-0.3, -0.25) is 38.4 Å². The minimum Gasteiger partial charge on any atom is -0.480 e. The van der Waals surface area contributed by atoms with E-state index in [1.165, 1.54) is 11.8 Å². The Hall–Kier alpha value is -6.09. The van der Waals surface area contributed by atoms with E-state index >= 15 is 0 Å². The monoisotopic (exact) mass is 898 g/mol. The predicted octanol–water partition coefficient (Wildman–Crippen LogP) is -1.47. The number of fused-ring (bicyclic) bond motifs is 1. The Kier molecular flexibility index (Phi) is 20.1. The summed E-state index contributed by atoms with van der Waals surface area (Å²) >= 11 is 0. The Morgan fingerprint density at radius 3 is 2.06 bits per heavy atom. The molecule has 2 heterocycles. The summed E-state index contributed by atoms with van der Waals surface area (Å²) in [5.74, 6) is -7.72. The number of aliphatic hydroxyl groups is 1. The molecule has 12 N–H and O–H groups in total. The van der Waals surface area contributed by atoms with Gasteiger partial charge in [0.1, 0.15) is 42.3 Å². The van der Waals surface area contributed by atoms with Gasteiger partial charge in [0.15, 0.2) is 0 Å². The van der Waals surface area contributed by atoms with E-state index in [-0.39, 0.29) is 31.2 Å². The number of likely N-dealkylation sites (tertiary alicyclic amines) is 1. The number of carboxylic acids is 1. The summed E-state index contributed by atoms with van der Waals surface area (Å²) in [7, 11) is 0. The number of rotatable bonds is 24. The molecule has 1 aromatic heterocycles. The second kappa shape index (κ2) is 24.7. The summed E-state index contributed by atoms with van der Waals surface area (Å²) in [5, 5.41) is 37.6. The van der Waals surface area contributed by atoms with Crippen molar-refractivity contribution in [3.05, 3.63) is 36.0 Å². The minimum absolute atomic E-state index is 0.0338. The zero-order valence-electron chi connectivity index (χ0n) is 37.6. The molecule has 1 saturated heterocycles. The van der Waals surface area contributed by atoms with E-state index in [9.17, 15) is 53.4 Å². The Morgan fingerprint density at radius 2 is 1.44 bits per heavy atom. The van der Waals surface area contributed by atoms with Crippen molar-refractivity contribution in [2.24, 2.45) is 23.5 Å². The number of carbonyl (C=O) groups is 9. The van der Waals surface area contributed by atoms with Crippen molar-refractivity contribution >= 4 is 64.1 Å². The zero-order valence-corrected chi connectivity index (χ0v) is 37.6. The fourth-order valence-corrected chi connectivity index (χ4v) is 7.22. The topological polar surface area (TPSA) is 323 Å². The van der Waals surface area contributed by atoms with Crippen LogP contribution in [0.3, 0.4) is 0 Å². The number of aromatic nitrogens is 1. The molecule has 2 aromatic rings. The van der Waals surface area contributed by atoms with Crippen molar-refractivity contribution in [1.82, 2.24) is 47.1 Å². The lowest BCUT2D eigenvalue weighted by Gasteiger charge is -2.27. The minimum atomic E-state index is -1.27. The number of amides is 8. The SMILES string of the molecule is CC[C@H](C)[C@H](NC(=O)[C@@H](NC(=O)CNC(=O)[C@H](Cc1c[nH]c2ccccc12)NC(=O)[C@H](CC(C)C)NC(=O)[C@H](C)NC(=O)CNC(=O)[C@@H]1CCCN1C(=O)[C@@H](N)CO)C(C)C)C(=O)O. The maximum absolute atomic E-state index is 14.0. The van der Waals surface area contributed by atoms with E-state index in [2.05, 4.69) is 42.2 Å². The van der Waals surface area contributed by atoms with Crippen molar-refractivity contribution in [2.75, 3.05) is 26.2 Å². The van der Waals surface area contributed by atoms with Crippen LogP contribution in [0.2, 0.25) is 0 Å². The third-order valence-corrected chi connectivity index (χ3v) is 11.1. The van der Waals surface area contributed by atoms with Crippen LogP contribution >= 0.6 is 0 Å². The second-order valence-electron chi connectivity index (χ2n) is 17.0. The van der Waals surface area contributed by atoms with Gasteiger partial charge in [0.05, 0.1) is 19.7 Å². The second-order valence-corrected chi connectivity index (χ2v) is 17.0. The van der Waals surface area contributed by atoms with Crippen LogP contribution in [0, 0.1) is 17.8 Å². The number of aliphatic hydroxyl groups excluding tert-OH is 1. The smallest absolute Gasteiger partial charge is 0.326 e. The molecular formula is C43H66N10O11. The first-order valence-electron chi connectivity index (χ1n) is 21.7. The van der Waals surface area contributed by atoms with Crippen LogP contribution in [0.15, 0.2) is 30.5 Å². The molecule has 0 saturated carbocycles. The molecule has 3 rings (SSSR count). The maximum Gasteiger partial charge on any atom is 0.326 e. The van der Waals surface area contributed by atoms with Crippen LogP contribution in [-0.4, -0.2) is 142 Å². The summed E-state index contributed by atoms with van der Waals surface area (Å²) in [5.41, 5.74) is 7.09. The van der Waals surface area contributed by atoms with Gasteiger partial charge in [-0.05, 0) is 55.6 Å². The molecule has 1 aromatic carbocycles. The molecule has 21 nitrogen and oxygen atoms in total. The average Bonchev–Trinajstić information content (AvgIpc) is 3.91. The van der Waals surface area contributed by atoms with E-state index in [0.717, 1.165) is 10.9 Å². The maximum atomic E-state index is 14.0. The Bertz CT molecular complexity index is 1990. The van der Waals surface area contributed by atoms with E-state index in [1.54, 1.807) is 33.9 Å². The number of hydrogen-bond donors (Lipinski definition) is 11. The van der Waals surface area contributed by atoms with Gasteiger partial charge in [0.2, 0.25) is 47.3 Å². The summed E-state index contributed by atoms with van der Waals surface area (Å²) in [6, 6.07) is -0.676. The number of nitrogens with two attached hydrogens (primary N) is 1. The number of carboxylic acid groups (broad SMARTS) is 1. The molecule has 0 aliphatic carbocycles. The highest BCUT2D eigenvalue weighted by Gasteiger charge is 2.37. The molecule has 1 fully saturated rings. The number of hydrogen-bond acceptors (Lipinski definition) is 11. The van der Waals surface area contributed by atoms with Crippen molar-refractivity contribution in [3.63, 3.8) is 0 Å². The van der Waals surface area contributed by atoms with Crippen LogP contribution in [0.25, 0.3) is 10.9 Å². The number of H-pyrrole nitrogens is 1. The van der Waals surface area contributed by atoms with Crippen molar-refractivity contribution < 1.29 is 53.4 Å². The Balaban J connectivity index is 1.70. The first kappa shape index (κ1) is 52.3. The van der Waals surface area contributed by atoms with Gasteiger partial charge in [-0.15, -0.1) is 0 Å². The van der Waals surface area contributed by atoms with Gasteiger partial charge < -0.3 is 63.0 Å². The zero-order chi connectivity index (χ0) is 47.8. The van der Waals surface area contributed by atoms with Crippen LogP contribution in [-0.2, 0) is 49.6 Å². The molecule has 1 aliphatic rings. The summed E-state index contributed by atoms with van der Waals surface area (Å²) in [4.78, 5) is 122. The van der Waals surface area contributed by atoms with Crippen molar-refractivity contribution in [3.8, 4) is 0 Å². The first-order chi connectivity index (χ1) is 30.2. The van der Waals surface area contributed by atoms with Crippen molar-refractivity contribution in [2.45, 2.75) is 123 Å². The largest absolute Gasteiger partial charge is 0.480 e. The van der Waals surface area contributed by atoms with Crippen molar-refractivity contribution in [1.29, 1.82) is 0 Å². The molecule has 1 aliphatic heterocycles. The van der Waals surface area contributed by atoms with Crippen LogP contribution in [0.4, 0.5) is 0 Å². The van der Waals surface area contributed by atoms with Crippen LogP contribution in [0.1, 0.15) is 79.7 Å². The standard InChI is InChI=1S/C43H66N10O11/c1-8-24(6)36(43(63)64)52-41(61)35(23(4)5)51-34(56)20-46-38(58)31(17-26-18-45-29-13-10-9-12-27(26)29)50-39(59)30(16-22(2)3)49-37(57)25(7)48-33(55)19-47-40(60)32-14-11-15-53(32)42(62)28(44)21-54/h9-10,12-13,18,22-25,28,30-32,35-36,45,54H,8,11,14-17,19-21,44H2,1-7H3,(H,46,58)(H,47,60)(H,48,55)(H,49,57)(H,50,59)(H,51,56)(H,52,61)(H,63,64)/t24-,25-,28-,30-,31-,32-,35-,36-/m0/s1. The highest BCUT2D eigenvalue weighted by molar-refractivity contribution is 5.97. The molecule has 21 heteroatoms. The quantitative estimate of drug-likeness (QED) is 0.0576. The fraction of sp³-hybridized carbons (Fsp3) is 0.605. The normalized spacial score (nSPS) is 17.0. The fourth-order valence-electron chi connectivity index (χ4n) is 7.22. The number of para-hydroxylation sites is 1. The lowest BCUT2D eigenvalue weighted by molar-refractivity contribution is -0.144. The summed E-state index contributed by atoms with van der Waals surface area (Å²) < 4.78 is 0. The van der Waals surface area contributed by atoms with E-state index in [0.29, 0.717) is 24.8 Å². The van der Waals surface area contributed by atoms with Gasteiger partial charge in [-0.2, -0.15) is 0 Å². The molecule has 354 valence electrons.